The Kier molecular flexibility index (Phi) is 5.06. The van der Waals surface area contributed by atoms with Crippen molar-refractivity contribution >= 4 is 18.0 Å². The van der Waals surface area contributed by atoms with E-state index in [-0.39, 0.29) is 5.57 Å². The normalized spacial score (nSPS) is 18.8. The lowest BCUT2D eigenvalue weighted by Gasteiger charge is -2.38. The molecule has 0 bridgehead atoms. The van der Waals surface area contributed by atoms with E-state index >= 15 is 0 Å². The molecule has 0 radical (unpaired) electrons. The monoisotopic (exact) mass is 362 g/mol. The summed E-state index contributed by atoms with van der Waals surface area (Å²) in [5, 5.41) is 0. The molecule has 7 heteroatoms. The predicted octanol–water partition coefficient (Wildman–Crippen LogP) is 2.86. The summed E-state index contributed by atoms with van der Waals surface area (Å²) in [6.07, 6.45) is 5.24. The van der Waals surface area contributed by atoms with Gasteiger partial charge in [-0.2, -0.15) is 0 Å². The van der Waals surface area contributed by atoms with Crippen molar-refractivity contribution in [3.63, 3.8) is 0 Å². The first-order valence-electron chi connectivity index (χ1n) is 8.51. The van der Waals surface area contributed by atoms with Gasteiger partial charge in [-0.3, -0.25) is 0 Å². The number of hydrogen-bond acceptors (Lipinski definition) is 7. The first kappa shape index (κ1) is 18.1. The molecule has 1 aromatic rings. The maximum atomic E-state index is 12.5. The summed E-state index contributed by atoms with van der Waals surface area (Å²) < 4.78 is 26.9. The average molecular weight is 362 g/mol. The Hall–Kier alpha value is -2.70. The third kappa shape index (κ3) is 3.21. The number of methoxy groups -OCH3 is 3. The SMILES string of the molecule is COc1ccc(C=C2C(=O)OC3(CCCCC3)OC2=O)c(OC)c1OC. The van der Waals surface area contributed by atoms with Crippen LogP contribution < -0.4 is 14.2 Å². The van der Waals surface area contributed by atoms with Crippen molar-refractivity contribution in [2.75, 3.05) is 21.3 Å². The minimum Gasteiger partial charge on any atom is -0.493 e. The number of carbonyl (C=O) groups is 2. The summed E-state index contributed by atoms with van der Waals surface area (Å²) in [6.45, 7) is 0. The zero-order chi connectivity index (χ0) is 18.7. The molecule has 1 saturated heterocycles. The third-order valence-electron chi connectivity index (χ3n) is 4.65. The maximum absolute atomic E-state index is 12.5. The van der Waals surface area contributed by atoms with E-state index in [0.717, 1.165) is 19.3 Å². The Morgan fingerprint density at radius 3 is 2.04 bits per heavy atom. The van der Waals surface area contributed by atoms with Crippen LogP contribution in [0.15, 0.2) is 17.7 Å². The molecule has 0 aromatic heterocycles. The van der Waals surface area contributed by atoms with Gasteiger partial charge < -0.3 is 23.7 Å². The number of rotatable bonds is 4. The van der Waals surface area contributed by atoms with Gasteiger partial charge in [0.1, 0.15) is 5.57 Å². The van der Waals surface area contributed by atoms with Gasteiger partial charge in [0.15, 0.2) is 11.5 Å². The van der Waals surface area contributed by atoms with Crippen molar-refractivity contribution in [2.45, 2.75) is 37.9 Å². The van der Waals surface area contributed by atoms with Gasteiger partial charge in [-0.1, -0.05) is 6.42 Å². The molecule has 3 rings (SSSR count). The molecule has 7 nitrogen and oxygen atoms in total. The second kappa shape index (κ2) is 7.27. The van der Waals surface area contributed by atoms with Crippen molar-refractivity contribution in [3.8, 4) is 17.2 Å². The summed E-state index contributed by atoms with van der Waals surface area (Å²) in [5.74, 6) is -1.28. The van der Waals surface area contributed by atoms with Crippen molar-refractivity contribution < 1.29 is 33.3 Å². The van der Waals surface area contributed by atoms with Gasteiger partial charge in [-0.15, -0.1) is 0 Å². The second-order valence-electron chi connectivity index (χ2n) is 6.23. The van der Waals surface area contributed by atoms with E-state index in [1.807, 2.05) is 0 Å². The molecule has 1 heterocycles. The highest BCUT2D eigenvalue weighted by atomic mass is 16.7. The standard InChI is InChI=1S/C19H22O7/c1-22-14-8-7-12(15(23-2)16(14)24-3)11-13-17(20)25-19(26-18(13)21)9-5-4-6-10-19/h7-8,11H,4-6,9-10H2,1-3H3. The van der Waals surface area contributed by atoms with Crippen LogP contribution in [-0.2, 0) is 19.1 Å². The van der Waals surface area contributed by atoms with E-state index in [1.165, 1.54) is 27.4 Å². The summed E-state index contributed by atoms with van der Waals surface area (Å²) >= 11 is 0. The van der Waals surface area contributed by atoms with Gasteiger partial charge >= 0.3 is 11.9 Å². The van der Waals surface area contributed by atoms with E-state index in [4.69, 9.17) is 23.7 Å². The van der Waals surface area contributed by atoms with Gasteiger partial charge in [-0.05, 0) is 31.1 Å². The molecule has 0 atom stereocenters. The number of ether oxygens (including phenoxy) is 5. The maximum Gasteiger partial charge on any atom is 0.348 e. The fourth-order valence-corrected chi connectivity index (χ4v) is 3.36. The average Bonchev–Trinajstić information content (AvgIpc) is 2.64. The quantitative estimate of drug-likeness (QED) is 0.463. The number of benzene rings is 1. The van der Waals surface area contributed by atoms with Crippen molar-refractivity contribution in [3.05, 3.63) is 23.3 Å². The molecule has 2 aliphatic rings. The van der Waals surface area contributed by atoms with Crippen LogP contribution in [-0.4, -0.2) is 39.1 Å². The molecule has 0 N–H and O–H groups in total. The van der Waals surface area contributed by atoms with Crippen LogP contribution in [0.2, 0.25) is 0 Å². The van der Waals surface area contributed by atoms with Crippen LogP contribution in [0.3, 0.4) is 0 Å². The van der Waals surface area contributed by atoms with Crippen LogP contribution >= 0.6 is 0 Å². The van der Waals surface area contributed by atoms with Gasteiger partial charge in [0.05, 0.1) is 21.3 Å². The van der Waals surface area contributed by atoms with Gasteiger partial charge in [0, 0.05) is 18.4 Å². The lowest BCUT2D eigenvalue weighted by molar-refractivity contribution is -0.244. The molecule has 0 amide bonds. The summed E-state index contributed by atoms with van der Waals surface area (Å²) in [4.78, 5) is 24.9. The largest absolute Gasteiger partial charge is 0.493 e. The minimum atomic E-state index is -1.11. The summed E-state index contributed by atoms with van der Waals surface area (Å²) in [7, 11) is 4.45. The van der Waals surface area contributed by atoms with Crippen LogP contribution in [0.4, 0.5) is 0 Å². The Balaban J connectivity index is 1.95. The minimum absolute atomic E-state index is 0.174. The topological polar surface area (TPSA) is 80.3 Å². The first-order chi connectivity index (χ1) is 12.5. The fraction of sp³-hybridized carbons (Fsp3) is 0.474. The lowest BCUT2D eigenvalue weighted by Crippen LogP contribution is -2.47. The Labute approximate surface area is 151 Å². The zero-order valence-electron chi connectivity index (χ0n) is 15.1. The Morgan fingerprint density at radius 2 is 1.50 bits per heavy atom. The van der Waals surface area contributed by atoms with Crippen molar-refractivity contribution in [2.24, 2.45) is 0 Å². The highest BCUT2D eigenvalue weighted by Crippen LogP contribution is 2.42. The first-order valence-corrected chi connectivity index (χ1v) is 8.51. The fourth-order valence-electron chi connectivity index (χ4n) is 3.36. The van der Waals surface area contributed by atoms with E-state index in [0.29, 0.717) is 35.7 Å². The van der Waals surface area contributed by atoms with Crippen molar-refractivity contribution in [1.29, 1.82) is 0 Å². The summed E-state index contributed by atoms with van der Waals surface area (Å²) in [6, 6.07) is 3.33. The van der Waals surface area contributed by atoms with E-state index in [1.54, 1.807) is 12.1 Å². The smallest absolute Gasteiger partial charge is 0.348 e. The van der Waals surface area contributed by atoms with Gasteiger partial charge in [0.2, 0.25) is 5.75 Å². The summed E-state index contributed by atoms with van der Waals surface area (Å²) in [5.41, 5.74) is 0.306. The second-order valence-corrected chi connectivity index (χ2v) is 6.23. The molecule has 2 fully saturated rings. The third-order valence-corrected chi connectivity index (χ3v) is 4.65. The molecular weight excluding hydrogens is 340 g/mol. The number of esters is 2. The van der Waals surface area contributed by atoms with Crippen molar-refractivity contribution in [1.82, 2.24) is 0 Å². The molecule has 26 heavy (non-hydrogen) atoms. The van der Waals surface area contributed by atoms with Crippen LogP contribution in [0.5, 0.6) is 17.2 Å². The highest BCUT2D eigenvalue weighted by molar-refractivity contribution is 6.19. The van der Waals surface area contributed by atoms with Gasteiger partial charge in [0.25, 0.3) is 5.79 Å². The van der Waals surface area contributed by atoms with E-state index in [2.05, 4.69) is 0 Å². The molecule has 1 saturated carbocycles. The predicted molar refractivity (Wildman–Crippen MR) is 92.1 cm³/mol. The van der Waals surface area contributed by atoms with Crippen LogP contribution in [0, 0.1) is 0 Å². The van der Waals surface area contributed by atoms with Crippen LogP contribution in [0.25, 0.3) is 6.08 Å². The van der Waals surface area contributed by atoms with E-state index in [9.17, 15) is 9.59 Å². The molecule has 140 valence electrons. The highest BCUT2D eigenvalue weighted by Gasteiger charge is 2.46. The Bertz CT molecular complexity index is 722. The molecular formula is C19H22O7. The molecule has 1 aliphatic heterocycles. The molecule has 1 spiro atoms. The van der Waals surface area contributed by atoms with E-state index < -0.39 is 17.7 Å². The molecule has 0 unspecified atom stereocenters. The molecule has 1 aromatic carbocycles. The number of carbonyl (C=O) groups excluding carboxylic acids is 2. The Morgan fingerprint density at radius 1 is 0.885 bits per heavy atom. The number of hydrogen-bond donors (Lipinski definition) is 0. The molecule has 1 aliphatic carbocycles. The lowest BCUT2D eigenvalue weighted by atomic mass is 9.93. The van der Waals surface area contributed by atoms with Gasteiger partial charge in [-0.25, -0.2) is 9.59 Å². The zero-order valence-corrected chi connectivity index (χ0v) is 15.1. The van der Waals surface area contributed by atoms with Crippen LogP contribution in [0.1, 0.15) is 37.7 Å².